The summed E-state index contributed by atoms with van der Waals surface area (Å²) in [6.45, 7) is 0. The summed E-state index contributed by atoms with van der Waals surface area (Å²) in [7, 11) is 0. The maximum absolute atomic E-state index is 2.45. The summed E-state index contributed by atoms with van der Waals surface area (Å²) in [6.07, 6.45) is 0. The van der Waals surface area contributed by atoms with Crippen molar-refractivity contribution in [2.75, 3.05) is 0 Å². The Labute approximate surface area is 204 Å². The summed E-state index contributed by atoms with van der Waals surface area (Å²) in [5.74, 6) is 0. The lowest BCUT2D eigenvalue weighted by atomic mass is 9.99. The fraction of sp³-hybridized carbons (Fsp3) is 0. The van der Waals surface area contributed by atoms with Gasteiger partial charge in [-0.2, -0.15) is 0 Å². The maximum atomic E-state index is 2.45. The Morgan fingerprint density at radius 2 is 1.06 bits per heavy atom. The normalized spacial score (nSPS) is 11.4. The van der Waals surface area contributed by atoms with E-state index in [0.717, 1.165) is 0 Å². The SMILES string of the molecule is c1ccc(-c2cc(-n3c4ccccc4c[13c]3-c3cccc4ccccc34)c3ccccc3c2)cc1. The van der Waals surface area contributed by atoms with Gasteiger partial charge in [0.2, 0.25) is 0 Å². The number of aromatic nitrogens is 1. The summed E-state index contributed by atoms with van der Waals surface area (Å²) in [6, 6.07) is 50.3. The lowest BCUT2D eigenvalue weighted by Crippen LogP contribution is -1.99. The minimum absolute atomic E-state index is 1.20. The van der Waals surface area contributed by atoms with Gasteiger partial charge in [-0.3, -0.25) is 0 Å². The molecule has 0 amide bonds. The second-order valence-electron chi connectivity index (χ2n) is 9.03. The van der Waals surface area contributed by atoms with Gasteiger partial charge in [-0.25, -0.2) is 0 Å². The molecule has 0 unspecified atom stereocenters. The van der Waals surface area contributed by atoms with Crippen LogP contribution in [0.2, 0.25) is 0 Å². The van der Waals surface area contributed by atoms with Crippen LogP contribution < -0.4 is 0 Å². The molecule has 0 fully saturated rings. The van der Waals surface area contributed by atoms with Gasteiger partial charge >= 0.3 is 0 Å². The molecule has 0 atom stereocenters. The number of nitrogens with zero attached hydrogens (tertiary/aromatic N) is 1. The van der Waals surface area contributed by atoms with Crippen molar-refractivity contribution in [1.82, 2.24) is 4.57 Å². The highest BCUT2D eigenvalue weighted by atomic mass is 15.1. The van der Waals surface area contributed by atoms with Gasteiger partial charge in [0, 0.05) is 16.3 Å². The molecule has 0 spiro atoms. The van der Waals surface area contributed by atoms with Gasteiger partial charge in [0.15, 0.2) is 0 Å². The molecule has 1 aromatic heterocycles. The predicted molar refractivity (Wildman–Crippen MR) is 149 cm³/mol. The Hall–Kier alpha value is -4.62. The smallest absolute Gasteiger partial charge is 0.0547 e. The minimum Gasteiger partial charge on any atom is -0.309 e. The number of fused-ring (bicyclic) bond motifs is 3. The standard InChI is InChI=1S/C34H23N/c1-2-11-24(12-3-1)28-21-26-14-5-8-18-30(26)33(23-28)35-32-20-9-6-15-27(32)22-34(35)31-19-10-16-25-13-4-7-17-29(25)31/h1-23H/i34+1. The van der Waals surface area contributed by atoms with E-state index in [9.17, 15) is 0 Å². The zero-order chi connectivity index (χ0) is 23.2. The molecule has 0 aliphatic rings. The van der Waals surface area contributed by atoms with E-state index in [1.54, 1.807) is 0 Å². The molecular weight excluding hydrogens is 423 g/mol. The molecular formula is C34H23N. The molecule has 7 rings (SSSR count). The average molecular weight is 447 g/mol. The zero-order valence-corrected chi connectivity index (χ0v) is 19.2. The van der Waals surface area contributed by atoms with Gasteiger partial charge < -0.3 is 4.57 Å². The largest absolute Gasteiger partial charge is 0.309 e. The first kappa shape index (κ1) is 19.8. The van der Waals surface area contributed by atoms with E-state index in [1.165, 1.54) is 60.5 Å². The summed E-state index contributed by atoms with van der Waals surface area (Å²) in [5.41, 5.74) is 7.31. The van der Waals surface area contributed by atoms with Gasteiger partial charge in [0.05, 0.1) is 16.9 Å². The van der Waals surface area contributed by atoms with Crippen molar-refractivity contribution in [2.45, 2.75) is 0 Å². The van der Waals surface area contributed by atoms with Crippen molar-refractivity contribution in [1.29, 1.82) is 0 Å². The van der Waals surface area contributed by atoms with E-state index in [-0.39, 0.29) is 0 Å². The van der Waals surface area contributed by atoms with E-state index in [2.05, 4.69) is 144 Å². The van der Waals surface area contributed by atoms with Crippen molar-refractivity contribution < 1.29 is 0 Å². The first-order valence-electron chi connectivity index (χ1n) is 12.0. The Bertz CT molecular complexity index is 1830. The molecule has 0 saturated carbocycles. The molecule has 0 aliphatic heterocycles. The second kappa shape index (κ2) is 8.00. The number of hydrogen-bond donors (Lipinski definition) is 0. The maximum Gasteiger partial charge on any atom is 0.0547 e. The zero-order valence-electron chi connectivity index (χ0n) is 19.2. The quantitative estimate of drug-likeness (QED) is 0.255. The Morgan fingerprint density at radius 1 is 0.400 bits per heavy atom. The number of para-hydroxylation sites is 1. The molecule has 1 heteroatoms. The van der Waals surface area contributed by atoms with Crippen molar-refractivity contribution in [3.63, 3.8) is 0 Å². The van der Waals surface area contributed by atoms with E-state index >= 15 is 0 Å². The topological polar surface area (TPSA) is 4.93 Å². The molecule has 164 valence electrons. The molecule has 1 nitrogen and oxygen atoms in total. The molecule has 0 aliphatic carbocycles. The van der Waals surface area contributed by atoms with Gasteiger partial charge in [0.25, 0.3) is 0 Å². The Kier molecular flexibility index (Phi) is 4.53. The molecule has 0 radical (unpaired) electrons. The summed E-state index contributed by atoms with van der Waals surface area (Å²) < 4.78 is 2.45. The van der Waals surface area contributed by atoms with Gasteiger partial charge in [-0.15, -0.1) is 0 Å². The third-order valence-electron chi connectivity index (χ3n) is 6.96. The van der Waals surface area contributed by atoms with E-state index < -0.39 is 0 Å². The third-order valence-corrected chi connectivity index (χ3v) is 6.96. The van der Waals surface area contributed by atoms with Crippen LogP contribution in [0, 0.1) is 0 Å². The van der Waals surface area contributed by atoms with Crippen LogP contribution in [-0.4, -0.2) is 4.57 Å². The van der Waals surface area contributed by atoms with Gasteiger partial charge in [0.1, 0.15) is 0 Å². The van der Waals surface area contributed by atoms with Crippen LogP contribution in [0.25, 0.3) is 60.5 Å². The Balaban J connectivity index is 1.62. The van der Waals surface area contributed by atoms with Crippen LogP contribution >= 0.6 is 0 Å². The number of benzene rings is 6. The predicted octanol–water partition coefficient (Wildman–Crippen LogP) is 9.27. The van der Waals surface area contributed by atoms with E-state index in [0.29, 0.717) is 0 Å². The summed E-state index contributed by atoms with van der Waals surface area (Å²) in [5, 5.41) is 6.25. The highest BCUT2D eigenvalue weighted by Crippen LogP contribution is 2.39. The summed E-state index contributed by atoms with van der Waals surface area (Å²) in [4.78, 5) is 0. The van der Waals surface area contributed by atoms with E-state index in [1.807, 2.05) is 0 Å². The van der Waals surface area contributed by atoms with Crippen molar-refractivity contribution >= 4 is 32.4 Å². The molecule has 0 N–H and O–H groups in total. The molecule has 7 aromatic rings. The lowest BCUT2D eigenvalue weighted by molar-refractivity contribution is 1.15. The van der Waals surface area contributed by atoms with Crippen LogP contribution in [0.15, 0.2) is 140 Å². The highest BCUT2D eigenvalue weighted by molar-refractivity contribution is 6.02. The Morgan fingerprint density at radius 3 is 1.91 bits per heavy atom. The first-order chi connectivity index (χ1) is 17.4. The van der Waals surface area contributed by atoms with E-state index in [4.69, 9.17) is 0 Å². The molecule has 1 heterocycles. The van der Waals surface area contributed by atoms with Crippen LogP contribution in [-0.2, 0) is 0 Å². The second-order valence-corrected chi connectivity index (χ2v) is 9.03. The molecule has 0 saturated heterocycles. The fourth-order valence-electron chi connectivity index (χ4n) is 5.33. The van der Waals surface area contributed by atoms with Crippen LogP contribution in [0.4, 0.5) is 0 Å². The van der Waals surface area contributed by atoms with Crippen LogP contribution in [0.5, 0.6) is 0 Å². The lowest BCUT2D eigenvalue weighted by Gasteiger charge is -2.17. The average Bonchev–Trinajstić information content (AvgIpc) is 3.32. The monoisotopic (exact) mass is 446 g/mol. The van der Waals surface area contributed by atoms with Gasteiger partial charge in [-0.05, 0) is 51.6 Å². The molecule has 6 aromatic carbocycles. The molecule has 35 heavy (non-hydrogen) atoms. The number of rotatable bonds is 3. The third kappa shape index (κ3) is 3.25. The van der Waals surface area contributed by atoms with Crippen molar-refractivity contribution in [3.05, 3.63) is 140 Å². The first-order valence-corrected chi connectivity index (χ1v) is 12.0. The van der Waals surface area contributed by atoms with Gasteiger partial charge in [-0.1, -0.05) is 115 Å². The number of hydrogen-bond acceptors (Lipinski definition) is 0. The fourth-order valence-corrected chi connectivity index (χ4v) is 5.33. The summed E-state index contributed by atoms with van der Waals surface area (Å²) >= 11 is 0. The molecule has 0 bridgehead atoms. The van der Waals surface area contributed by atoms with Crippen molar-refractivity contribution in [3.8, 4) is 28.1 Å². The van der Waals surface area contributed by atoms with Crippen LogP contribution in [0.3, 0.4) is 0 Å². The van der Waals surface area contributed by atoms with Crippen molar-refractivity contribution in [2.24, 2.45) is 0 Å². The van der Waals surface area contributed by atoms with Crippen LogP contribution in [0.1, 0.15) is 0 Å². The highest BCUT2D eigenvalue weighted by Gasteiger charge is 2.17. The minimum atomic E-state index is 1.20.